The molecule has 0 radical (unpaired) electrons. The smallest absolute Gasteiger partial charge is 0.389 e. The van der Waals surface area contributed by atoms with E-state index in [1.807, 2.05) is 13.8 Å². The van der Waals surface area contributed by atoms with Gasteiger partial charge < -0.3 is 11.1 Å². The minimum atomic E-state index is -4.14. The Morgan fingerprint density at radius 2 is 1.89 bits per heavy atom. The van der Waals surface area contributed by atoms with Crippen LogP contribution in [0.1, 0.15) is 33.1 Å². The lowest BCUT2D eigenvalue weighted by Gasteiger charge is -2.18. The molecule has 0 rings (SSSR count). The van der Waals surface area contributed by atoms with Gasteiger partial charge >= 0.3 is 6.18 Å². The molecule has 7 heteroatoms. The van der Waals surface area contributed by atoms with Crippen LogP contribution in [-0.2, 0) is 4.79 Å². The number of hydrogen-bond acceptors (Lipinski definition) is 2. The van der Waals surface area contributed by atoms with Crippen LogP contribution in [0.25, 0.3) is 0 Å². The van der Waals surface area contributed by atoms with E-state index in [-0.39, 0.29) is 36.2 Å². The zero-order valence-corrected chi connectivity index (χ0v) is 11.3. The highest BCUT2D eigenvalue weighted by Crippen LogP contribution is 2.21. The van der Waals surface area contributed by atoms with Crippen LogP contribution in [0, 0.1) is 11.8 Å². The minimum Gasteiger partial charge on any atom is -0.393 e. The van der Waals surface area contributed by atoms with Crippen molar-refractivity contribution in [2.24, 2.45) is 17.6 Å². The van der Waals surface area contributed by atoms with Gasteiger partial charge in [-0.05, 0) is 18.8 Å². The summed E-state index contributed by atoms with van der Waals surface area (Å²) in [6.07, 6.45) is -4.67. The number of nitrogens with two attached hydrogens (primary N) is 1. The molecular weight excluding hydrogens is 265 g/mol. The molecule has 0 aromatic carbocycles. The number of unbranched alkanes of at least 4 members (excludes halogenated alkanes) is 1. The third-order valence-corrected chi connectivity index (χ3v) is 2.70. The Kier molecular flexibility index (Phi) is 7.20. The van der Waals surface area contributed by atoms with Crippen molar-refractivity contribution in [2.45, 2.75) is 39.3 Å². The SMILES string of the molecule is CC(C)C(C(=O)NCCCCC(F)(F)F)C(N)=S. The fraction of sp³-hybridized carbons (Fsp3) is 0.818. The summed E-state index contributed by atoms with van der Waals surface area (Å²) in [7, 11) is 0. The normalized spacial score (nSPS) is 13.4. The second kappa shape index (κ2) is 7.56. The summed E-state index contributed by atoms with van der Waals surface area (Å²) in [4.78, 5) is 11.8. The van der Waals surface area contributed by atoms with Gasteiger partial charge in [-0.1, -0.05) is 26.1 Å². The van der Waals surface area contributed by atoms with Crippen molar-refractivity contribution in [1.82, 2.24) is 5.32 Å². The summed E-state index contributed by atoms with van der Waals surface area (Å²) in [5.74, 6) is -0.912. The average Bonchev–Trinajstić information content (AvgIpc) is 2.13. The molecule has 0 bridgehead atoms. The Labute approximate surface area is 110 Å². The Morgan fingerprint density at radius 3 is 2.28 bits per heavy atom. The first kappa shape index (κ1) is 17.2. The van der Waals surface area contributed by atoms with Crippen LogP contribution in [-0.4, -0.2) is 23.6 Å². The van der Waals surface area contributed by atoms with Crippen LogP contribution in [0.5, 0.6) is 0 Å². The number of amides is 1. The van der Waals surface area contributed by atoms with E-state index in [4.69, 9.17) is 18.0 Å². The Bertz CT molecular complexity index is 293. The van der Waals surface area contributed by atoms with E-state index in [1.165, 1.54) is 0 Å². The van der Waals surface area contributed by atoms with Crippen molar-refractivity contribution < 1.29 is 18.0 Å². The first-order valence-electron chi connectivity index (χ1n) is 5.79. The van der Waals surface area contributed by atoms with Crippen molar-refractivity contribution in [3.63, 3.8) is 0 Å². The van der Waals surface area contributed by atoms with Crippen LogP contribution in [0.3, 0.4) is 0 Å². The molecular formula is C11H19F3N2OS. The molecule has 3 N–H and O–H groups in total. The van der Waals surface area contributed by atoms with E-state index >= 15 is 0 Å². The van der Waals surface area contributed by atoms with Crippen LogP contribution < -0.4 is 11.1 Å². The molecule has 0 aliphatic carbocycles. The van der Waals surface area contributed by atoms with E-state index in [2.05, 4.69) is 5.32 Å². The zero-order valence-electron chi connectivity index (χ0n) is 10.5. The maximum atomic E-state index is 11.9. The monoisotopic (exact) mass is 284 g/mol. The van der Waals surface area contributed by atoms with Gasteiger partial charge in [0.1, 0.15) is 0 Å². The molecule has 0 aromatic rings. The molecule has 3 nitrogen and oxygen atoms in total. The molecule has 0 saturated carbocycles. The maximum Gasteiger partial charge on any atom is 0.389 e. The van der Waals surface area contributed by atoms with Crippen molar-refractivity contribution in [2.75, 3.05) is 6.54 Å². The summed E-state index contributed by atoms with van der Waals surface area (Å²) in [6.45, 7) is 3.83. The highest BCUT2D eigenvalue weighted by atomic mass is 32.1. The molecule has 0 spiro atoms. The zero-order chi connectivity index (χ0) is 14.3. The molecule has 0 aromatic heterocycles. The van der Waals surface area contributed by atoms with Gasteiger partial charge in [0.2, 0.25) is 5.91 Å². The first-order valence-corrected chi connectivity index (χ1v) is 6.19. The molecule has 18 heavy (non-hydrogen) atoms. The molecule has 0 aliphatic rings. The van der Waals surface area contributed by atoms with Gasteiger partial charge in [-0.2, -0.15) is 13.2 Å². The quantitative estimate of drug-likeness (QED) is 0.557. The van der Waals surface area contributed by atoms with Crippen molar-refractivity contribution in [3.8, 4) is 0 Å². The van der Waals surface area contributed by atoms with E-state index in [0.717, 1.165) is 0 Å². The predicted molar refractivity (Wildman–Crippen MR) is 68.0 cm³/mol. The minimum absolute atomic E-state index is 0.00317. The van der Waals surface area contributed by atoms with Crippen molar-refractivity contribution >= 4 is 23.1 Å². The van der Waals surface area contributed by atoms with Gasteiger partial charge in [0, 0.05) is 13.0 Å². The maximum absolute atomic E-state index is 11.9. The fourth-order valence-corrected chi connectivity index (χ4v) is 1.91. The van der Waals surface area contributed by atoms with Crippen molar-refractivity contribution in [1.29, 1.82) is 0 Å². The lowest BCUT2D eigenvalue weighted by molar-refractivity contribution is -0.135. The molecule has 0 fully saturated rings. The van der Waals surface area contributed by atoms with Gasteiger partial charge in [0.15, 0.2) is 0 Å². The second-order valence-corrected chi connectivity index (χ2v) is 4.96. The van der Waals surface area contributed by atoms with Crippen LogP contribution >= 0.6 is 12.2 Å². The topological polar surface area (TPSA) is 55.1 Å². The highest BCUT2D eigenvalue weighted by Gasteiger charge is 2.26. The number of rotatable bonds is 7. The number of carbonyl (C=O) groups is 1. The third-order valence-electron chi connectivity index (χ3n) is 2.44. The van der Waals surface area contributed by atoms with Gasteiger partial charge in [-0.15, -0.1) is 0 Å². The van der Waals surface area contributed by atoms with Gasteiger partial charge in [0.05, 0.1) is 10.9 Å². The first-order chi connectivity index (χ1) is 8.15. The van der Waals surface area contributed by atoms with Crippen LogP contribution in [0.15, 0.2) is 0 Å². The second-order valence-electron chi connectivity index (χ2n) is 4.49. The molecule has 1 unspecified atom stereocenters. The van der Waals surface area contributed by atoms with E-state index < -0.39 is 18.5 Å². The Hall–Kier alpha value is -0.850. The molecule has 0 saturated heterocycles. The number of thiocarbonyl (C=S) groups is 1. The highest BCUT2D eigenvalue weighted by molar-refractivity contribution is 7.80. The molecule has 1 atom stereocenters. The summed E-state index contributed by atoms with van der Waals surface area (Å²) in [5.41, 5.74) is 5.45. The van der Waals surface area contributed by atoms with E-state index in [1.54, 1.807) is 0 Å². The Morgan fingerprint density at radius 1 is 1.33 bits per heavy atom. The molecule has 106 valence electrons. The summed E-state index contributed by atoms with van der Waals surface area (Å²) in [6, 6.07) is 0. The lowest BCUT2D eigenvalue weighted by Crippen LogP contribution is -2.41. The predicted octanol–water partition coefficient (Wildman–Crippen LogP) is 2.39. The number of hydrogen-bond donors (Lipinski definition) is 2. The fourth-order valence-electron chi connectivity index (χ4n) is 1.53. The largest absolute Gasteiger partial charge is 0.393 e. The summed E-state index contributed by atoms with van der Waals surface area (Å²) >= 11 is 4.79. The molecule has 0 heterocycles. The Balaban J connectivity index is 3.93. The number of halogens is 3. The molecule has 1 amide bonds. The van der Waals surface area contributed by atoms with Crippen LogP contribution in [0.2, 0.25) is 0 Å². The lowest BCUT2D eigenvalue weighted by atomic mass is 9.95. The average molecular weight is 284 g/mol. The molecule has 0 aliphatic heterocycles. The van der Waals surface area contributed by atoms with E-state index in [9.17, 15) is 18.0 Å². The standard InChI is InChI=1S/C11H19F3N2OS/c1-7(2)8(9(15)18)10(17)16-6-4-3-5-11(12,13)14/h7-8H,3-6H2,1-2H3,(H2,15,18)(H,16,17). The summed E-state index contributed by atoms with van der Waals surface area (Å²) in [5, 5.41) is 2.56. The summed E-state index contributed by atoms with van der Waals surface area (Å²) < 4.78 is 35.6. The van der Waals surface area contributed by atoms with E-state index in [0.29, 0.717) is 0 Å². The van der Waals surface area contributed by atoms with Gasteiger partial charge in [-0.3, -0.25) is 4.79 Å². The van der Waals surface area contributed by atoms with Crippen molar-refractivity contribution in [3.05, 3.63) is 0 Å². The number of alkyl halides is 3. The van der Waals surface area contributed by atoms with Gasteiger partial charge in [0.25, 0.3) is 0 Å². The number of carbonyl (C=O) groups excluding carboxylic acids is 1. The third kappa shape index (κ3) is 7.47. The van der Waals surface area contributed by atoms with Crippen LogP contribution in [0.4, 0.5) is 13.2 Å². The van der Waals surface area contributed by atoms with Gasteiger partial charge in [-0.25, -0.2) is 0 Å². The number of nitrogens with one attached hydrogen (secondary N) is 1.